The van der Waals surface area contributed by atoms with E-state index in [2.05, 4.69) is 4.98 Å². The van der Waals surface area contributed by atoms with Crippen LogP contribution < -0.4 is 10.3 Å². The molecular weight excluding hydrogens is 354 g/mol. The van der Waals surface area contributed by atoms with E-state index in [9.17, 15) is 14.9 Å². The van der Waals surface area contributed by atoms with Gasteiger partial charge in [0.1, 0.15) is 24.0 Å². The number of carbonyl (C=O) groups is 1. The summed E-state index contributed by atoms with van der Waals surface area (Å²) in [7, 11) is 1.55. The van der Waals surface area contributed by atoms with E-state index in [0.29, 0.717) is 22.0 Å². The molecule has 7 nitrogen and oxygen atoms in total. The smallest absolute Gasteiger partial charge is 0.349 e. The number of fused-ring (bicyclic) bond motifs is 1. The normalized spacial score (nSPS) is 11.2. The maximum atomic E-state index is 12.1. The third-order valence-electron chi connectivity index (χ3n) is 3.47. The molecule has 0 saturated heterocycles. The Balaban J connectivity index is 1.73. The van der Waals surface area contributed by atoms with Gasteiger partial charge in [0.25, 0.3) is 5.56 Å². The molecule has 8 heteroatoms. The molecule has 2 heterocycles. The topological polar surface area (TPSA) is 93.7 Å². The summed E-state index contributed by atoms with van der Waals surface area (Å²) in [5.41, 5.74) is 0.587. The van der Waals surface area contributed by atoms with E-state index >= 15 is 0 Å². The maximum Gasteiger partial charge on any atom is 0.349 e. The predicted octanol–water partition coefficient (Wildman–Crippen LogP) is 2.41. The first-order valence-electron chi connectivity index (χ1n) is 7.49. The van der Waals surface area contributed by atoms with Crippen LogP contribution in [0.3, 0.4) is 0 Å². The van der Waals surface area contributed by atoms with E-state index in [1.807, 2.05) is 6.07 Å². The molecule has 0 bridgehead atoms. The standard InChI is InChI=1S/C18H13N3O4S/c1-24-15-4-2-12(3-5-15)8-13(10-19)17(23)25-11-14-9-16(22)21-6-7-26-18(21)20-14/h2-9H,11H2,1H3. The molecule has 0 aliphatic carbocycles. The van der Waals surface area contributed by atoms with Gasteiger partial charge in [-0.3, -0.25) is 9.20 Å². The zero-order valence-electron chi connectivity index (χ0n) is 13.7. The van der Waals surface area contributed by atoms with E-state index in [-0.39, 0.29) is 17.7 Å². The molecular formula is C18H13N3O4S. The number of thiazole rings is 1. The van der Waals surface area contributed by atoms with Crippen LogP contribution in [0.2, 0.25) is 0 Å². The number of esters is 1. The molecule has 26 heavy (non-hydrogen) atoms. The van der Waals surface area contributed by atoms with Gasteiger partial charge in [0.05, 0.1) is 12.8 Å². The number of aromatic nitrogens is 2. The van der Waals surface area contributed by atoms with Gasteiger partial charge in [-0.2, -0.15) is 5.26 Å². The first-order chi connectivity index (χ1) is 12.6. The van der Waals surface area contributed by atoms with Crippen LogP contribution in [-0.2, 0) is 16.1 Å². The Kier molecular flexibility index (Phi) is 5.10. The molecule has 0 atom stereocenters. The van der Waals surface area contributed by atoms with Crippen molar-refractivity contribution in [3.05, 3.63) is 69.1 Å². The number of hydrogen-bond acceptors (Lipinski definition) is 7. The Morgan fingerprint density at radius 3 is 2.85 bits per heavy atom. The molecule has 0 amide bonds. The van der Waals surface area contributed by atoms with Gasteiger partial charge in [0.15, 0.2) is 4.96 Å². The summed E-state index contributed by atoms with van der Waals surface area (Å²) in [5.74, 6) is -0.110. The Labute approximate surface area is 152 Å². The van der Waals surface area contributed by atoms with E-state index in [0.717, 1.165) is 0 Å². The van der Waals surface area contributed by atoms with Gasteiger partial charge >= 0.3 is 5.97 Å². The van der Waals surface area contributed by atoms with E-state index in [4.69, 9.17) is 9.47 Å². The highest BCUT2D eigenvalue weighted by Gasteiger charge is 2.12. The quantitative estimate of drug-likeness (QED) is 0.390. The van der Waals surface area contributed by atoms with Crippen molar-refractivity contribution in [3.63, 3.8) is 0 Å². The van der Waals surface area contributed by atoms with Gasteiger partial charge in [-0.25, -0.2) is 9.78 Å². The first kappa shape index (κ1) is 17.4. The van der Waals surface area contributed by atoms with Gasteiger partial charge in [-0.15, -0.1) is 11.3 Å². The number of nitrogens with zero attached hydrogens (tertiary/aromatic N) is 3. The number of ether oxygens (including phenoxy) is 2. The number of carbonyl (C=O) groups excluding carboxylic acids is 1. The Morgan fingerprint density at radius 1 is 1.38 bits per heavy atom. The molecule has 3 rings (SSSR count). The molecule has 0 spiro atoms. The fourth-order valence-electron chi connectivity index (χ4n) is 2.18. The molecule has 0 aliphatic heterocycles. The van der Waals surface area contributed by atoms with Crippen LogP contribution in [0.5, 0.6) is 5.75 Å². The highest BCUT2D eigenvalue weighted by Crippen LogP contribution is 2.15. The fourth-order valence-corrected chi connectivity index (χ4v) is 2.92. The third-order valence-corrected chi connectivity index (χ3v) is 4.23. The molecule has 0 aliphatic rings. The van der Waals surface area contributed by atoms with Crippen molar-refractivity contribution in [1.82, 2.24) is 9.38 Å². The molecule has 0 N–H and O–H groups in total. The number of hydrogen-bond donors (Lipinski definition) is 0. The van der Waals surface area contributed by atoms with Gasteiger partial charge in [-0.1, -0.05) is 12.1 Å². The zero-order valence-corrected chi connectivity index (χ0v) is 14.5. The molecule has 2 aromatic heterocycles. The summed E-state index contributed by atoms with van der Waals surface area (Å²) in [4.78, 5) is 28.8. The van der Waals surface area contributed by atoms with Crippen LogP contribution in [0.1, 0.15) is 11.3 Å². The van der Waals surface area contributed by atoms with Crippen molar-refractivity contribution >= 4 is 28.3 Å². The van der Waals surface area contributed by atoms with Crippen LogP contribution in [0.4, 0.5) is 0 Å². The summed E-state index contributed by atoms with van der Waals surface area (Å²) in [6.07, 6.45) is 3.04. The lowest BCUT2D eigenvalue weighted by molar-refractivity contribution is -0.139. The summed E-state index contributed by atoms with van der Waals surface area (Å²) in [5, 5.41) is 10.9. The molecule has 130 valence electrons. The summed E-state index contributed by atoms with van der Waals surface area (Å²) in [6, 6.07) is 10.0. The van der Waals surface area contributed by atoms with Crippen molar-refractivity contribution in [2.24, 2.45) is 0 Å². The molecule has 0 unspecified atom stereocenters. The molecule has 0 radical (unpaired) electrons. The van der Waals surface area contributed by atoms with E-state index < -0.39 is 5.97 Å². The van der Waals surface area contributed by atoms with Gasteiger partial charge in [-0.05, 0) is 23.8 Å². The number of methoxy groups -OCH3 is 1. The first-order valence-corrected chi connectivity index (χ1v) is 8.37. The zero-order chi connectivity index (χ0) is 18.5. The molecule has 0 saturated carbocycles. The Morgan fingerprint density at radius 2 is 2.15 bits per heavy atom. The number of nitriles is 1. The molecule has 0 fully saturated rings. The summed E-state index contributed by atoms with van der Waals surface area (Å²) in [6.45, 7) is -0.190. The highest BCUT2D eigenvalue weighted by atomic mass is 32.1. The minimum Gasteiger partial charge on any atom is -0.497 e. The van der Waals surface area contributed by atoms with Crippen molar-refractivity contribution in [1.29, 1.82) is 5.26 Å². The van der Waals surface area contributed by atoms with Crippen LogP contribution in [0.15, 0.2) is 52.3 Å². The average molecular weight is 367 g/mol. The van der Waals surface area contributed by atoms with Crippen LogP contribution >= 0.6 is 11.3 Å². The second-order valence-corrected chi connectivity index (χ2v) is 6.03. The Hall–Kier alpha value is -3.44. The van der Waals surface area contributed by atoms with Crippen LogP contribution in [0, 0.1) is 11.3 Å². The molecule has 3 aromatic rings. The third kappa shape index (κ3) is 3.79. The van der Waals surface area contributed by atoms with Crippen molar-refractivity contribution in [3.8, 4) is 11.8 Å². The van der Waals surface area contributed by atoms with Crippen LogP contribution in [-0.4, -0.2) is 22.5 Å². The monoisotopic (exact) mass is 367 g/mol. The number of rotatable bonds is 5. The summed E-state index contributed by atoms with van der Waals surface area (Å²) >= 11 is 1.30. The highest BCUT2D eigenvalue weighted by molar-refractivity contribution is 7.15. The number of benzene rings is 1. The van der Waals surface area contributed by atoms with Gasteiger partial charge < -0.3 is 9.47 Å². The van der Waals surface area contributed by atoms with Crippen molar-refractivity contribution < 1.29 is 14.3 Å². The van der Waals surface area contributed by atoms with Crippen LogP contribution in [0.25, 0.3) is 11.0 Å². The van der Waals surface area contributed by atoms with E-state index in [1.54, 1.807) is 43.0 Å². The average Bonchev–Trinajstić information content (AvgIpc) is 3.14. The second kappa shape index (κ2) is 7.63. The molecule has 1 aromatic carbocycles. The van der Waals surface area contributed by atoms with Crippen molar-refractivity contribution in [2.75, 3.05) is 7.11 Å². The van der Waals surface area contributed by atoms with Gasteiger partial charge in [0, 0.05) is 17.6 Å². The lowest BCUT2D eigenvalue weighted by Gasteiger charge is -2.04. The van der Waals surface area contributed by atoms with E-state index in [1.165, 1.54) is 27.9 Å². The second-order valence-electron chi connectivity index (χ2n) is 5.16. The minimum absolute atomic E-state index is 0.149. The maximum absolute atomic E-state index is 12.1. The summed E-state index contributed by atoms with van der Waals surface area (Å²) < 4.78 is 11.6. The predicted molar refractivity (Wildman–Crippen MR) is 95.7 cm³/mol. The minimum atomic E-state index is -0.781. The fraction of sp³-hybridized carbons (Fsp3) is 0.111. The SMILES string of the molecule is COc1ccc(C=C(C#N)C(=O)OCc2cc(=O)n3ccsc3n2)cc1. The largest absolute Gasteiger partial charge is 0.497 e. The lowest BCUT2D eigenvalue weighted by Crippen LogP contribution is -2.15. The Bertz CT molecular complexity index is 1070. The van der Waals surface area contributed by atoms with Crippen molar-refractivity contribution in [2.45, 2.75) is 6.61 Å². The lowest BCUT2D eigenvalue weighted by atomic mass is 10.1. The van der Waals surface area contributed by atoms with Gasteiger partial charge in [0.2, 0.25) is 0 Å².